The summed E-state index contributed by atoms with van der Waals surface area (Å²) in [5.41, 5.74) is 1.43. The summed E-state index contributed by atoms with van der Waals surface area (Å²) in [6.07, 6.45) is 3.06. The molecular formula is C23H16F3N3O. The van der Waals surface area contributed by atoms with Gasteiger partial charge in [0.2, 0.25) is 0 Å². The minimum absolute atomic E-state index is 0.141. The number of fused-ring (bicyclic) bond motifs is 1. The molecule has 1 amide bonds. The number of rotatable bonds is 4. The first kappa shape index (κ1) is 19.6. The highest BCUT2D eigenvalue weighted by Crippen LogP contribution is 2.31. The lowest BCUT2D eigenvalue weighted by Crippen LogP contribution is -2.13. The van der Waals surface area contributed by atoms with Crippen molar-refractivity contribution in [3.8, 4) is 11.3 Å². The van der Waals surface area contributed by atoms with Gasteiger partial charge >= 0.3 is 0 Å². The van der Waals surface area contributed by atoms with Gasteiger partial charge in [-0.3, -0.25) is 9.78 Å². The van der Waals surface area contributed by atoms with Crippen molar-refractivity contribution < 1.29 is 18.0 Å². The van der Waals surface area contributed by atoms with Crippen molar-refractivity contribution in [1.82, 2.24) is 9.97 Å². The molecule has 0 fully saturated rings. The van der Waals surface area contributed by atoms with E-state index in [4.69, 9.17) is 0 Å². The van der Waals surface area contributed by atoms with E-state index in [1.807, 2.05) is 0 Å². The number of anilines is 1. The molecule has 2 aromatic carbocycles. The zero-order chi connectivity index (χ0) is 21.3. The van der Waals surface area contributed by atoms with Crippen molar-refractivity contribution in [1.29, 1.82) is 0 Å². The van der Waals surface area contributed by atoms with Crippen LogP contribution < -0.4 is 5.32 Å². The van der Waals surface area contributed by atoms with Crippen molar-refractivity contribution in [3.05, 3.63) is 90.0 Å². The van der Waals surface area contributed by atoms with Crippen LogP contribution in [0.5, 0.6) is 0 Å². The van der Waals surface area contributed by atoms with Crippen LogP contribution in [0.2, 0.25) is 0 Å². The molecule has 4 nitrogen and oxygen atoms in total. The van der Waals surface area contributed by atoms with E-state index < -0.39 is 17.6 Å². The largest absolute Gasteiger partial charge is 0.321 e. The van der Waals surface area contributed by atoms with Crippen molar-refractivity contribution in [2.45, 2.75) is 12.8 Å². The van der Waals surface area contributed by atoms with Crippen molar-refractivity contribution >= 4 is 22.5 Å². The molecule has 0 aliphatic carbocycles. The van der Waals surface area contributed by atoms with Crippen molar-refractivity contribution in [2.24, 2.45) is 0 Å². The topological polar surface area (TPSA) is 54.9 Å². The van der Waals surface area contributed by atoms with Crippen LogP contribution in [0, 0.1) is 5.82 Å². The molecule has 1 N–H and O–H groups in total. The Bertz CT molecular complexity index is 1240. The van der Waals surface area contributed by atoms with Crippen LogP contribution in [0.15, 0.2) is 73.1 Å². The Morgan fingerprint density at radius 3 is 2.60 bits per heavy atom. The number of carbonyl (C=O) groups is 1. The number of nitrogens with one attached hydrogen (secondary N) is 1. The van der Waals surface area contributed by atoms with Gasteiger partial charge in [-0.25, -0.2) is 18.2 Å². The van der Waals surface area contributed by atoms with Crippen LogP contribution in [0.4, 0.5) is 18.9 Å². The standard InChI is InChI=1S/C23H16F3N3O/c1-23(25,26)15-5-2-4-14(12-15)20-10-8-17-19(24)9-7-18(21(17)29-20)22(30)28-16-6-3-11-27-13-16/h2-13H,1H3,(H,28,30). The number of hydrogen-bond acceptors (Lipinski definition) is 3. The lowest BCUT2D eigenvalue weighted by molar-refractivity contribution is 0.0175. The SMILES string of the molecule is CC(F)(F)c1cccc(-c2ccc3c(F)ccc(C(=O)Nc4cccnc4)c3n2)c1. The van der Waals surface area contributed by atoms with Gasteiger partial charge in [0.25, 0.3) is 11.8 Å². The monoisotopic (exact) mass is 407 g/mol. The first-order valence-electron chi connectivity index (χ1n) is 9.12. The van der Waals surface area contributed by atoms with Gasteiger partial charge in [0.15, 0.2) is 0 Å². The molecule has 0 saturated heterocycles. The molecule has 0 bridgehead atoms. The molecule has 0 aliphatic heterocycles. The van der Waals surface area contributed by atoms with E-state index in [1.54, 1.807) is 30.5 Å². The normalized spacial score (nSPS) is 11.5. The number of nitrogens with zero attached hydrogens (tertiary/aromatic N) is 2. The fourth-order valence-electron chi connectivity index (χ4n) is 3.11. The van der Waals surface area contributed by atoms with E-state index in [0.717, 1.165) is 6.92 Å². The van der Waals surface area contributed by atoms with Crippen LogP contribution in [-0.4, -0.2) is 15.9 Å². The summed E-state index contributed by atoms with van der Waals surface area (Å²) in [4.78, 5) is 21.1. The lowest BCUT2D eigenvalue weighted by atomic mass is 10.0. The summed E-state index contributed by atoms with van der Waals surface area (Å²) in [6, 6.07) is 14.7. The maximum absolute atomic E-state index is 14.3. The number of amides is 1. The van der Waals surface area contributed by atoms with Crippen LogP contribution in [0.25, 0.3) is 22.2 Å². The van der Waals surface area contributed by atoms with Crippen molar-refractivity contribution in [3.63, 3.8) is 0 Å². The van der Waals surface area contributed by atoms with Gasteiger partial charge in [0, 0.05) is 29.6 Å². The fourth-order valence-corrected chi connectivity index (χ4v) is 3.11. The summed E-state index contributed by atoms with van der Waals surface area (Å²) in [5, 5.41) is 2.86. The number of pyridine rings is 2. The molecule has 0 atom stereocenters. The summed E-state index contributed by atoms with van der Waals surface area (Å²) < 4.78 is 41.7. The zero-order valence-electron chi connectivity index (χ0n) is 15.9. The van der Waals surface area contributed by atoms with E-state index in [-0.39, 0.29) is 22.0 Å². The van der Waals surface area contributed by atoms with Gasteiger partial charge in [-0.2, -0.15) is 0 Å². The minimum Gasteiger partial charge on any atom is -0.321 e. The molecule has 0 aliphatic rings. The lowest BCUT2D eigenvalue weighted by Gasteiger charge is -2.13. The van der Waals surface area contributed by atoms with E-state index >= 15 is 0 Å². The van der Waals surface area contributed by atoms with E-state index in [1.165, 1.54) is 42.6 Å². The zero-order valence-corrected chi connectivity index (χ0v) is 15.9. The number of alkyl halides is 2. The summed E-state index contributed by atoms with van der Waals surface area (Å²) >= 11 is 0. The Hall–Kier alpha value is -3.74. The Morgan fingerprint density at radius 2 is 1.87 bits per heavy atom. The van der Waals surface area contributed by atoms with Crippen LogP contribution in [0.1, 0.15) is 22.8 Å². The predicted octanol–water partition coefficient (Wildman–Crippen LogP) is 5.80. The van der Waals surface area contributed by atoms with E-state index in [0.29, 0.717) is 16.9 Å². The van der Waals surface area contributed by atoms with Gasteiger partial charge in [-0.15, -0.1) is 0 Å². The Balaban J connectivity index is 1.80. The summed E-state index contributed by atoms with van der Waals surface area (Å²) in [7, 11) is 0. The van der Waals surface area contributed by atoms with Crippen LogP contribution in [-0.2, 0) is 5.92 Å². The molecular weight excluding hydrogens is 391 g/mol. The first-order chi connectivity index (χ1) is 14.3. The minimum atomic E-state index is -3.01. The van der Waals surface area contributed by atoms with Gasteiger partial charge < -0.3 is 5.32 Å². The molecule has 4 rings (SSSR count). The number of benzene rings is 2. The molecule has 0 spiro atoms. The molecule has 0 unspecified atom stereocenters. The Kier molecular flexibility index (Phi) is 4.95. The molecule has 2 heterocycles. The smallest absolute Gasteiger partial charge is 0.270 e. The number of aromatic nitrogens is 2. The van der Waals surface area contributed by atoms with Gasteiger partial charge in [-0.05, 0) is 42.5 Å². The second-order valence-electron chi connectivity index (χ2n) is 6.85. The molecule has 7 heteroatoms. The third-order valence-electron chi connectivity index (χ3n) is 4.63. The number of carbonyl (C=O) groups excluding carboxylic acids is 1. The molecule has 150 valence electrons. The maximum atomic E-state index is 14.3. The maximum Gasteiger partial charge on any atom is 0.270 e. The van der Waals surface area contributed by atoms with Gasteiger partial charge in [0.1, 0.15) is 5.82 Å². The third-order valence-corrected chi connectivity index (χ3v) is 4.63. The predicted molar refractivity (Wildman–Crippen MR) is 109 cm³/mol. The highest BCUT2D eigenvalue weighted by molar-refractivity contribution is 6.12. The average Bonchev–Trinajstić information content (AvgIpc) is 2.74. The third kappa shape index (κ3) is 3.87. The van der Waals surface area contributed by atoms with Crippen LogP contribution in [0.3, 0.4) is 0 Å². The summed E-state index contributed by atoms with van der Waals surface area (Å²) in [6.45, 7) is 0.816. The van der Waals surface area contributed by atoms with E-state index in [2.05, 4.69) is 15.3 Å². The highest BCUT2D eigenvalue weighted by Gasteiger charge is 2.24. The van der Waals surface area contributed by atoms with Gasteiger partial charge in [-0.1, -0.05) is 18.2 Å². The number of hydrogen-bond donors (Lipinski definition) is 1. The Labute approximate surface area is 170 Å². The Morgan fingerprint density at radius 1 is 1.03 bits per heavy atom. The molecule has 2 aromatic heterocycles. The van der Waals surface area contributed by atoms with Crippen molar-refractivity contribution in [2.75, 3.05) is 5.32 Å². The van der Waals surface area contributed by atoms with Gasteiger partial charge in [0.05, 0.1) is 28.7 Å². The average molecular weight is 407 g/mol. The molecule has 0 radical (unpaired) electrons. The molecule has 30 heavy (non-hydrogen) atoms. The van der Waals surface area contributed by atoms with E-state index in [9.17, 15) is 18.0 Å². The first-order valence-corrected chi connectivity index (χ1v) is 9.12. The molecule has 0 saturated carbocycles. The highest BCUT2D eigenvalue weighted by atomic mass is 19.3. The molecule has 4 aromatic rings. The fraction of sp³-hybridized carbons (Fsp3) is 0.0870. The second-order valence-corrected chi connectivity index (χ2v) is 6.85. The van der Waals surface area contributed by atoms with Crippen LogP contribution >= 0.6 is 0 Å². The summed E-state index contributed by atoms with van der Waals surface area (Å²) in [5.74, 6) is -4.02. The quantitative estimate of drug-likeness (QED) is 0.465. The number of halogens is 3. The second kappa shape index (κ2) is 7.59.